The summed E-state index contributed by atoms with van der Waals surface area (Å²) in [6.07, 6.45) is 2.45. The Kier molecular flexibility index (Phi) is 3.36. The summed E-state index contributed by atoms with van der Waals surface area (Å²) in [5.74, 6) is 0.787. The number of nitrogens with two attached hydrogens (primary N) is 1. The van der Waals surface area contributed by atoms with Crippen molar-refractivity contribution in [1.82, 2.24) is 0 Å². The summed E-state index contributed by atoms with van der Waals surface area (Å²) in [6, 6.07) is 6.19. The monoisotopic (exact) mass is 254 g/mol. The van der Waals surface area contributed by atoms with Gasteiger partial charge in [-0.2, -0.15) is 0 Å². The maximum atomic E-state index is 5.93. The largest absolute Gasteiger partial charge is 0.389 e. The molecule has 1 aromatic carbocycles. The standard InChI is InChI=1S/C12H15ClN2S/c1-2-7-5-11(7)15-10-4-3-8(13)6-9(10)12(14)16/h3-4,6-7,11,15H,2,5H2,1H3,(H2,14,16). The van der Waals surface area contributed by atoms with Gasteiger partial charge in [0.25, 0.3) is 0 Å². The number of nitrogens with one attached hydrogen (secondary N) is 1. The molecule has 0 spiro atoms. The van der Waals surface area contributed by atoms with Crippen LogP contribution in [-0.4, -0.2) is 11.0 Å². The molecule has 1 fully saturated rings. The summed E-state index contributed by atoms with van der Waals surface area (Å²) in [5.41, 5.74) is 7.51. The quantitative estimate of drug-likeness (QED) is 0.811. The zero-order valence-corrected chi connectivity index (χ0v) is 10.7. The summed E-state index contributed by atoms with van der Waals surface area (Å²) in [7, 11) is 0. The molecule has 2 unspecified atom stereocenters. The van der Waals surface area contributed by atoms with Gasteiger partial charge in [-0.25, -0.2) is 0 Å². The molecular formula is C12H15ClN2S. The predicted octanol–water partition coefficient (Wildman–Crippen LogP) is 3.18. The number of halogens is 1. The lowest BCUT2D eigenvalue weighted by Crippen LogP contribution is -2.14. The van der Waals surface area contributed by atoms with E-state index in [4.69, 9.17) is 29.6 Å². The van der Waals surface area contributed by atoms with Crippen LogP contribution >= 0.6 is 23.8 Å². The van der Waals surface area contributed by atoms with E-state index < -0.39 is 0 Å². The van der Waals surface area contributed by atoms with Gasteiger partial charge in [-0.15, -0.1) is 0 Å². The lowest BCUT2D eigenvalue weighted by Gasteiger charge is -2.11. The molecule has 1 saturated carbocycles. The third-order valence-corrected chi connectivity index (χ3v) is 3.49. The SMILES string of the molecule is CCC1CC1Nc1ccc(Cl)cc1C(N)=S. The van der Waals surface area contributed by atoms with Crippen LogP contribution in [0.3, 0.4) is 0 Å². The van der Waals surface area contributed by atoms with Crippen molar-refractivity contribution in [2.24, 2.45) is 11.7 Å². The van der Waals surface area contributed by atoms with Crippen LogP contribution in [0.1, 0.15) is 25.3 Å². The molecule has 3 N–H and O–H groups in total. The molecule has 2 nitrogen and oxygen atoms in total. The second-order valence-corrected chi connectivity index (χ2v) is 5.09. The highest BCUT2D eigenvalue weighted by atomic mass is 35.5. The number of anilines is 1. The number of benzene rings is 1. The first-order valence-corrected chi connectivity index (χ1v) is 6.26. The Morgan fingerprint density at radius 1 is 1.62 bits per heavy atom. The van der Waals surface area contributed by atoms with Crippen LogP contribution in [0.5, 0.6) is 0 Å². The van der Waals surface area contributed by atoms with Gasteiger partial charge in [-0.1, -0.05) is 37.2 Å². The molecule has 0 aromatic heterocycles. The van der Waals surface area contributed by atoms with Crippen molar-refractivity contribution in [2.45, 2.75) is 25.8 Å². The molecule has 0 heterocycles. The second-order valence-electron chi connectivity index (χ2n) is 4.21. The Balaban J connectivity index is 2.17. The van der Waals surface area contributed by atoms with Crippen molar-refractivity contribution in [3.05, 3.63) is 28.8 Å². The minimum Gasteiger partial charge on any atom is -0.389 e. The zero-order valence-electron chi connectivity index (χ0n) is 9.16. The normalized spacial score (nSPS) is 22.9. The van der Waals surface area contributed by atoms with Crippen molar-refractivity contribution < 1.29 is 0 Å². The van der Waals surface area contributed by atoms with E-state index in [0.29, 0.717) is 16.1 Å². The molecule has 2 atom stereocenters. The Bertz CT molecular complexity index is 419. The Morgan fingerprint density at radius 3 is 2.94 bits per heavy atom. The second kappa shape index (κ2) is 4.60. The summed E-state index contributed by atoms with van der Waals surface area (Å²) in [5, 5.41) is 4.13. The van der Waals surface area contributed by atoms with Gasteiger partial charge in [0.2, 0.25) is 0 Å². The van der Waals surface area contributed by atoms with E-state index in [0.717, 1.165) is 17.2 Å². The van der Waals surface area contributed by atoms with E-state index >= 15 is 0 Å². The van der Waals surface area contributed by atoms with Gasteiger partial charge < -0.3 is 11.1 Å². The van der Waals surface area contributed by atoms with Gasteiger partial charge >= 0.3 is 0 Å². The van der Waals surface area contributed by atoms with Crippen LogP contribution in [0, 0.1) is 5.92 Å². The third kappa shape index (κ3) is 2.47. The van der Waals surface area contributed by atoms with Gasteiger partial charge in [0, 0.05) is 22.3 Å². The third-order valence-electron chi connectivity index (χ3n) is 3.03. The van der Waals surface area contributed by atoms with E-state index in [1.54, 1.807) is 0 Å². The van der Waals surface area contributed by atoms with E-state index in [9.17, 15) is 0 Å². The lowest BCUT2D eigenvalue weighted by molar-refractivity contribution is 0.775. The van der Waals surface area contributed by atoms with E-state index in [-0.39, 0.29) is 0 Å². The van der Waals surface area contributed by atoms with Crippen LogP contribution in [0.25, 0.3) is 0 Å². The summed E-state index contributed by atoms with van der Waals surface area (Å²) in [4.78, 5) is 0.388. The fraction of sp³-hybridized carbons (Fsp3) is 0.417. The van der Waals surface area contributed by atoms with Crippen molar-refractivity contribution in [1.29, 1.82) is 0 Å². The average Bonchev–Trinajstić information content (AvgIpc) is 2.99. The first-order chi connectivity index (χ1) is 7.61. The number of hydrogen-bond acceptors (Lipinski definition) is 2. The molecular weight excluding hydrogens is 240 g/mol. The average molecular weight is 255 g/mol. The van der Waals surface area contributed by atoms with E-state index in [1.807, 2.05) is 18.2 Å². The van der Waals surface area contributed by atoms with Crippen molar-refractivity contribution in [3.8, 4) is 0 Å². The van der Waals surface area contributed by atoms with E-state index in [2.05, 4.69) is 12.2 Å². The Labute approximate surface area is 106 Å². The molecule has 16 heavy (non-hydrogen) atoms. The highest BCUT2D eigenvalue weighted by molar-refractivity contribution is 7.80. The molecule has 4 heteroatoms. The van der Waals surface area contributed by atoms with Gasteiger partial charge in [-0.05, 0) is 30.5 Å². The molecule has 0 bridgehead atoms. The lowest BCUT2D eigenvalue weighted by atomic mass is 10.1. The number of rotatable bonds is 4. The summed E-state index contributed by atoms with van der Waals surface area (Å²) >= 11 is 10.9. The number of thiocarbonyl (C=S) groups is 1. The zero-order chi connectivity index (χ0) is 11.7. The topological polar surface area (TPSA) is 38.0 Å². The molecule has 1 aromatic rings. The molecule has 2 rings (SSSR count). The summed E-state index contributed by atoms with van der Waals surface area (Å²) in [6.45, 7) is 2.21. The van der Waals surface area contributed by atoms with Gasteiger partial charge in [-0.3, -0.25) is 0 Å². The van der Waals surface area contributed by atoms with Crippen LogP contribution in [0.4, 0.5) is 5.69 Å². The smallest absolute Gasteiger partial charge is 0.106 e. The molecule has 0 radical (unpaired) electrons. The van der Waals surface area contributed by atoms with Gasteiger partial charge in [0.05, 0.1) is 0 Å². The highest BCUT2D eigenvalue weighted by Gasteiger charge is 2.35. The minimum absolute atomic E-state index is 0.388. The number of hydrogen-bond donors (Lipinski definition) is 2. The first kappa shape index (κ1) is 11.7. The van der Waals surface area contributed by atoms with Crippen LogP contribution < -0.4 is 11.1 Å². The van der Waals surface area contributed by atoms with Gasteiger partial charge in [0.1, 0.15) is 4.99 Å². The maximum absolute atomic E-state index is 5.93. The summed E-state index contributed by atoms with van der Waals surface area (Å²) < 4.78 is 0. The molecule has 0 saturated heterocycles. The Morgan fingerprint density at radius 2 is 2.38 bits per heavy atom. The fourth-order valence-electron chi connectivity index (χ4n) is 1.92. The molecule has 86 valence electrons. The molecule has 1 aliphatic carbocycles. The molecule has 0 aliphatic heterocycles. The molecule has 1 aliphatic rings. The van der Waals surface area contributed by atoms with Crippen LogP contribution in [0.15, 0.2) is 18.2 Å². The van der Waals surface area contributed by atoms with Crippen LogP contribution in [-0.2, 0) is 0 Å². The van der Waals surface area contributed by atoms with E-state index in [1.165, 1.54) is 12.8 Å². The maximum Gasteiger partial charge on any atom is 0.106 e. The van der Waals surface area contributed by atoms with Crippen LogP contribution in [0.2, 0.25) is 5.02 Å². The minimum atomic E-state index is 0.388. The van der Waals surface area contributed by atoms with Crippen molar-refractivity contribution in [2.75, 3.05) is 5.32 Å². The Hall–Kier alpha value is -0.800. The van der Waals surface area contributed by atoms with Crippen molar-refractivity contribution in [3.63, 3.8) is 0 Å². The molecule has 0 amide bonds. The first-order valence-electron chi connectivity index (χ1n) is 5.47. The van der Waals surface area contributed by atoms with Crippen molar-refractivity contribution >= 4 is 34.5 Å². The predicted molar refractivity (Wildman–Crippen MR) is 73.1 cm³/mol. The highest BCUT2D eigenvalue weighted by Crippen LogP contribution is 2.37. The fourth-order valence-corrected chi connectivity index (χ4v) is 2.26. The van der Waals surface area contributed by atoms with Gasteiger partial charge in [0.15, 0.2) is 0 Å².